The molecule has 2 saturated carbocycles. The minimum Gasteiger partial charge on any atom is -0.378 e. The van der Waals surface area contributed by atoms with Crippen molar-refractivity contribution in [3.8, 4) is 0 Å². The minimum absolute atomic E-state index is 0.101. The average molecular weight is 283 g/mol. The molecule has 0 amide bonds. The Morgan fingerprint density at radius 3 is 2.20 bits per heavy atom. The van der Waals surface area contributed by atoms with E-state index in [2.05, 4.69) is 5.32 Å². The van der Waals surface area contributed by atoms with Gasteiger partial charge in [0, 0.05) is 18.2 Å². The summed E-state index contributed by atoms with van der Waals surface area (Å²) in [6, 6.07) is 1.57. The fourth-order valence-electron chi connectivity index (χ4n) is 3.89. The van der Waals surface area contributed by atoms with Gasteiger partial charge >= 0.3 is 0 Å². The molecular weight excluding hydrogens is 263 g/mol. The van der Waals surface area contributed by atoms with Gasteiger partial charge < -0.3 is 5.32 Å². The Bertz CT molecular complexity index is 466. The third kappa shape index (κ3) is 2.79. The molecule has 2 aliphatic rings. The summed E-state index contributed by atoms with van der Waals surface area (Å²) in [5, 5.41) is 2.96. The van der Waals surface area contributed by atoms with Crippen LogP contribution in [0.5, 0.6) is 0 Å². The lowest BCUT2D eigenvalue weighted by Crippen LogP contribution is -2.34. The van der Waals surface area contributed by atoms with Crippen LogP contribution in [0.1, 0.15) is 44.9 Å². The van der Waals surface area contributed by atoms with Gasteiger partial charge in [0.25, 0.3) is 0 Å². The first-order chi connectivity index (χ1) is 9.63. The molecule has 20 heavy (non-hydrogen) atoms. The normalized spacial score (nSPS) is 29.9. The van der Waals surface area contributed by atoms with Gasteiger partial charge in [-0.1, -0.05) is 25.7 Å². The number of anilines is 1. The highest BCUT2D eigenvalue weighted by Gasteiger charge is 2.32. The standard InChI is InChI=1S/C16H20F3N/c17-12-8-14(18)16(15(19)9-12)20-13-6-5-10-3-1-2-4-11(10)7-13/h8-11,13,20H,1-7H2. The van der Waals surface area contributed by atoms with E-state index in [-0.39, 0.29) is 11.7 Å². The smallest absolute Gasteiger partial charge is 0.152 e. The second-order valence-corrected chi connectivity index (χ2v) is 6.20. The van der Waals surface area contributed by atoms with E-state index in [0.717, 1.165) is 37.3 Å². The van der Waals surface area contributed by atoms with E-state index < -0.39 is 17.5 Å². The van der Waals surface area contributed by atoms with Crippen molar-refractivity contribution in [3.05, 3.63) is 29.6 Å². The maximum atomic E-state index is 13.7. The van der Waals surface area contributed by atoms with E-state index in [4.69, 9.17) is 0 Å². The molecule has 2 fully saturated rings. The number of fused-ring (bicyclic) bond motifs is 1. The number of hydrogen-bond acceptors (Lipinski definition) is 1. The third-order valence-corrected chi connectivity index (χ3v) is 4.90. The molecule has 110 valence electrons. The SMILES string of the molecule is Fc1cc(F)c(NC2CCC3CCCCC3C2)c(F)c1. The molecule has 0 radical (unpaired) electrons. The highest BCUT2D eigenvalue weighted by Crippen LogP contribution is 2.41. The van der Waals surface area contributed by atoms with Crippen molar-refractivity contribution < 1.29 is 13.2 Å². The van der Waals surface area contributed by atoms with Crippen LogP contribution in [0.3, 0.4) is 0 Å². The van der Waals surface area contributed by atoms with Crippen LogP contribution in [0.25, 0.3) is 0 Å². The Kier molecular flexibility index (Phi) is 3.90. The lowest BCUT2D eigenvalue weighted by Gasteiger charge is -2.39. The topological polar surface area (TPSA) is 12.0 Å². The highest BCUT2D eigenvalue weighted by atomic mass is 19.1. The van der Waals surface area contributed by atoms with Crippen molar-refractivity contribution in [2.45, 2.75) is 51.0 Å². The average Bonchev–Trinajstić information content (AvgIpc) is 2.42. The molecule has 1 nitrogen and oxygen atoms in total. The maximum absolute atomic E-state index is 13.7. The van der Waals surface area contributed by atoms with E-state index in [1.54, 1.807) is 0 Å². The predicted molar refractivity (Wildman–Crippen MR) is 73.0 cm³/mol. The molecule has 1 N–H and O–H groups in total. The van der Waals surface area contributed by atoms with Crippen molar-refractivity contribution >= 4 is 5.69 Å². The quantitative estimate of drug-likeness (QED) is 0.816. The number of halogens is 3. The van der Waals surface area contributed by atoms with Gasteiger partial charge in [-0.05, 0) is 31.1 Å². The third-order valence-electron chi connectivity index (χ3n) is 4.90. The van der Waals surface area contributed by atoms with Crippen molar-refractivity contribution in [2.75, 3.05) is 5.32 Å². The summed E-state index contributed by atoms with van der Waals surface area (Å²) in [5.41, 5.74) is -0.175. The first-order valence-electron chi connectivity index (χ1n) is 7.54. The number of rotatable bonds is 2. The number of nitrogens with one attached hydrogen (secondary N) is 1. The molecular formula is C16H20F3N. The molecule has 0 spiro atoms. The monoisotopic (exact) mass is 283 g/mol. The summed E-state index contributed by atoms with van der Waals surface area (Å²) >= 11 is 0. The molecule has 0 bridgehead atoms. The molecule has 3 rings (SSSR count). The van der Waals surface area contributed by atoms with Gasteiger partial charge in [-0.25, -0.2) is 13.2 Å². The second-order valence-electron chi connectivity index (χ2n) is 6.20. The van der Waals surface area contributed by atoms with Crippen LogP contribution in [-0.2, 0) is 0 Å². The van der Waals surface area contributed by atoms with Crippen molar-refractivity contribution in [1.82, 2.24) is 0 Å². The molecule has 0 aliphatic heterocycles. The number of hydrogen-bond donors (Lipinski definition) is 1. The van der Waals surface area contributed by atoms with Crippen LogP contribution in [0, 0.1) is 29.3 Å². The Morgan fingerprint density at radius 2 is 1.50 bits per heavy atom. The van der Waals surface area contributed by atoms with Gasteiger partial charge in [0.1, 0.15) is 11.5 Å². The summed E-state index contributed by atoms with van der Waals surface area (Å²) in [6.45, 7) is 0. The fraction of sp³-hybridized carbons (Fsp3) is 0.625. The van der Waals surface area contributed by atoms with Crippen LogP contribution < -0.4 is 5.32 Å². The van der Waals surface area contributed by atoms with Crippen molar-refractivity contribution in [3.63, 3.8) is 0 Å². The van der Waals surface area contributed by atoms with E-state index >= 15 is 0 Å². The summed E-state index contributed by atoms with van der Waals surface area (Å²) < 4.78 is 40.2. The zero-order valence-electron chi connectivity index (χ0n) is 11.5. The van der Waals surface area contributed by atoms with Gasteiger partial charge in [-0.2, -0.15) is 0 Å². The molecule has 0 saturated heterocycles. The zero-order chi connectivity index (χ0) is 14.1. The van der Waals surface area contributed by atoms with E-state index in [1.165, 1.54) is 25.7 Å². The van der Waals surface area contributed by atoms with Crippen LogP contribution in [0.2, 0.25) is 0 Å². The van der Waals surface area contributed by atoms with E-state index in [1.807, 2.05) is 0 Å². The first kappa shape index (κ1) is 13.8. The molecule has 2 aliphatic carbocycles. The zero-order valence-corrected chi connectivity index (χ0v) is 11.5. The van der Waals surface area contributed by atoms with Crippen LogP contribution in [-0.4, -0.2) is 6.04 Å². The molecule has 0 aromatic heterocycles. The Balaban J connectivity index is 1.69. The van der Waals surface area contributed by atoms with Crippen LogP contribution in [0.15, 0.2) is 12.1 Å². The lowest BCUT2D eigenvalue weighted by molar-refractivity contribution is 0.162. The highest BCUT2D eigenvalue weighted by molar-refractivity contribution is 5.47. The van der Waals surface area contributed by atoms with Crippen LogP contribution >= 0.6 is 0 Å². The molecule has 3 unspecified atom stereocenters. The molecule has 1 aromatic carbocycles. The molecule has 3 atom stereocenters. The minimum atomic E-state index is -0.874. The van der Waals surface area contributed by atoms with Crippen molar-refractivity contribution in [2.24, 2.45) is 11.8 Å². The number of benzene rings is 1. The van der Waals surface area contributed by atoms with Gasteiger partial charge in [-0.3, -0.25) is 0 Å². The maximum Gasteiger partial charge on any atom is 0.152 e. The van der Waals surface area contributed by atoms with Gasteiger partial charge in [-0.15, -0.1) is 0 Å². The second kappa shape index (κ2) is 5.66. The lowest BCUT2D eigenvalue weighted by atomic mass is 9.69. The molecule has 4 heteroatoms. The summed E-state index contributed by atoms with van der Waals surface area (Å²) in [7, 11) is 0. The van der Waals surface area contributed by atoms with Gasteiger partial charge in [0.05, 0.1) is 0 Å². The predicted octanol–water partition coefficient (Wildman–Crippen LogP) is 4.87. The van der Waals surface area contributed by atoms with Crippen LogP contribution in [0.4, 0.5) is 18.9 Å². The van der Waals surface area contributed by atoms with Gasteiger partial charge in [0.15, 0.2) is 11.6 Å². The Hall–Kier alpha value is -1.19. The van der Waals surface area contributed by atoms with Crippen molar-refractivity contribution in [1.29, 1.82) is 0 Å². The first-order valence-corrected chi connectivity index (χ1v) is 7.54. The largest absolute Gasteiger partial charge is 0.378 e. The van der Waals surface area contributed by atoms with Gasteiger partial charge in [0.2, 0.25) is 0 Å². The van der Waals surface area contributed by atoms with E-state index in [9.17, 15) is 13.2 Å². The fourth-order valence-corrected chi connectivity index (χ4v) is 3.89. The Labute approximate surface area is 117 Å². The summed E-state index contributed by atoms with van der Waals surface area (Å²) in [5.74, 6) is -1.07. The Morgan fingerprint density at radius 1 is 0.850 bits per heavy atom. The molecule has 0 heterocycles. The molecule has 1 aromatic rings. The summed E-state index contributed by atoms with van der Waals surface area (Å²) in [6.07, 6.45) is 8.17. The van der Waals surface area contributed by atoms with E-state index in [0.29, 0.717) is 5.92 Å². The summed E-state index contributed by atoms with van der Waals surface area (Å²) in [4.78, 5) is 0.